The van der Waals surface area contributed by atoms with Crippen LogP contribution in [0, 0.1) is 17.1 Å². The number of hydrogen-bond acceptors (Lipinski definition) is 10. The van der Waals surface area contributed by atoms with E-state index < -0.39 is 40.0 Å². The van der Waals surface area contributed by atoms with Crippen LogP contribution < -0.4 is 9.64 Å². The summed E-state index contributed by atoms with van der Waals surface area (Å²) in [5.74, 6) is -0.846. The molecule has 17 heteroatoms. The van der Waals surface area contributed by atoms with E-state index >= 15 is 4.39 Å². The molecule has 6 aliphatic heterocycles. The van der Waals surface area contributed by atoms with Gasteiger partial charge in [-0.05, 0) is 31.9 Å². The largest absolute Gasteiger partial charge is 0.467 e. The number of alkyl halides is 4. The lowest BCUT2D eigenvalue weighted by atomic mass is 9.99. The van der Waals surface area contributed by atoms with Crippen molar-refractivity contribution in [2.45, 2.75) is 63.2 Å². The molecule has 0 aliphatic carbocycles. The van der Waals surface area contributed by atoms with Crippen LogP contribution in [0.5, 0.6) is 6.01 Å². The number of nitrogens with zero attached hydrogens (tertiary/aromatic N) is 8. The molecule has 9 rings (SSSR count). The van der Waals surface area contributed by atoms with Crippen LogP contribution in [0.25, 0.3) is 22.2 Å². The Labute approximate surface area is 315 Å². The van der Waals surface area contributed by atoms with Crippen LogP contribution in [-0.4, -0.2) is 126 Å². The van der Waals surface area contributed by atoms with E-state index in [1.807, 2.05) is 11.0 Å². The number of carbonyl (C=O) groups excluding carboxylic acids is 1. The minimum atomic E-state index is -4.83. The zero-order valence-electron chi connectivity index (χ0n) is 30.0. The number of benzene rings is 1. The van der Waals surface area contributed by atoms with Gasteiger partial charge in [0, 0.05) is 89.6 Å². The number of rotatable bonds is 6. The maximum absolute atomic E-state index is 15.9. The van der Waals surface area contributed by atoms with Crippen molar-refractivity contribution in [2.24, 2.45) is 0 Å². The number of fused-ring (bicyclic) bond motifs is 4. The average Bonchev–Trinajstić information content (AvgIpc) is 3.72. The second kappa shape index (κ2) is 17.1. The maximum Gasteiger partial charge on any atom is 0.418 e. The second-order valence-electron chi connectivity index (χ2n) is 13.8. The molecular weight excluding hydrogens is 735 g/mol. The molecular formula is C37H42ClF5N8O3. The highest BCUT2D eigenvalue weighted by molar-refractivity contribution is 6.31. The Hall–Kier alpha value is -4.17. The minimum Gasteiger partial charge on any atom is -0.467 e. The first-order valence-electron chi connectivity index (χ1n) is 17.9. The lowest BCUT2D eigenvalue weighted by Crippen LogP contribution is -2.57. The standard InChI is InChI=1S/C28H27ClF4N6O3.C7H12FN.C2H3N/c1-41-27-35-25-19(13-34-24(23(25)30)18-4-2-5-20(29)22(18)28(31,32)33)26(36-27)39-10-8-38(9-11-39)21(40)6-3-7-37-14-16-12-17(15-37)42-16;8-6-4-7-2-1-3-9(7)5-6;1-2-3/h2-6,13,16-17H,7-12,14-15H2,1H3;6-7H,1-5H2;1H3/b6-3+;;. The van der Waals surface area contributed by atoms with Crippen molar-refractivity contribution >= 4 is 34.2 Å². The number of ether oxygens (including phenoxy) is 2. The first-order valence-corrected chi connectivity index (χ1v) is 18.3. The van der Waals surface area contributed by atoms with E-state index in [0.717, 1.165) is 44.6 Å². The van der Waals surface area contributed by atoms with Crippen LogP contribution in [0.4, 0.5) is 27.8 Å². The van der Waals surface area contributed by atoms with Crippen molar-refractivity contribution in [3.8, 4) is 23.3 Å². The maximum atomic E-state index is 15.9. The lowest BCUT2D eigenvalue weighted by molar-refractivity contribution is -0.178. The number of methoxy groups -OCH3 is 1. The molecule has 54 heavy (non-hydrogen) atoms. The first-order chi connectivity index (χ1) is 25.9. The Morgan fingerprint density at radius 3 is 2.46 bits per heavy atom. The summed E-state index contributed by atoms with van der Waals surface area (Å²) < 4.78 is 80.7. The van der Waals surface area contributed by atoms with Gasteiger partial charge in [-0.25, -0.2) is 8.78 Å². The van der Waals surface area contributed by atoms with Gasteiger partial charge in [-0.3, -0.25) is 19.6 Å². The van der Waals surface area contributed by atoms with Crippen molar-refractivity contribution in [1.82, 2.24) is 29.7 Å². The van der Waals surface area contributed by atoms with E-state index in [1.165, 1.54) is 39.1 Å². The summed E-state index contributed by atoms with van der Waals surface area (Å²) in [5.41, 5.74) is -2.47. The fraction of sp³-hybridized carbons (Fsp3) is 0.541. The smallest absolute Gasteiger partial charge is 0.418 e. The summed E-state index contributed by atoms with van der Waals surface area (Å²) in [6.45, 7) is 7.29. The molecule has 3 aromatic rings. The molecule has 6 saturated heterocycles. The van der Waals surface area contributed by atoms with E-state index in [1.54, 1.807) is 17.0 Å². The summed E-state index contributed by atoms with van der Waals surface area (Å²) in [5, 5.41) is 6.96. The Kier molecular flexibility index (Phi) is 12.5. The van der Waals surface area contributed by atoms with Crippen LogP contribution in [0.2, 0.25) is 5.02 Å². The SMILES string of the molecule is CC#N.COc1nc(N2CCN(C(=O)/C=C/CN3CC4CC(C3)O4)CC2)c2cnc(-c3cccc(Cl)c3C(F)(F)F)c(F)c2n1.FC1CC2CCCN2C1. The molecule has 6 fully saturated rings. The van der Waals surface area contributed by atoms with Crippen molar-refractivity contribution in [3.05, 3.63) is 53.0 Å². The Morgan fingerprint density at radius 1 is 1.11 bits per heavy atom. The van der Waals surface area contributed by atoms with Gasteiger partial charge in [0.25, 0.3) is 0 Å². The number of hydrogen-bond donors (Lipinski definition) is 0. The monoisotopic (exact) mass is 776 g/mol. The molecule has 2 aromatic heterocycles. The zero-order valence-corrected chi connectivity index (χ0v) is 30.8. The molecule has 2 bridgehead atoms. The van der Waals surface area contributed by atoms with E-state index in [-0.39, 0.29) is 22.8 Å². The third kappa shape index (κ3) is 8.86. The van der Waals surface area contributed by atoms with Gasteiger partial charge in [0.15, 0.2) is 5.82 Å². The van der Waals surface area contributed by atoms with Gasteiger partial charge in [-0.15, -0.1) is 0 Å². The molecule has 1 aromatic carbocycles. The van der Waals surface area contributed by atoms with Gasteiger partial charge >= 0.3 is 12.2 Å². The van der Waals surface area contributed by atoms with Gasteiger partial charge in [0.05, 0.1) is 41.4 Å². The summed E-state index contributed by atoms with van der Waals surface area (Å²) in [6.07, 6.45) is 4.42. The van der Waals surface area contributed by atoms with Crippen LogP contribution in [-0.2, 0) is 15.7 Å². The normalized spacial score (nSPS) is 23.9. The van der Waals surface area contributed by atoms with Crippen LogP contribution in [0.3, 0.4) is 0 Å². The number of nitriles is 1. The Balaban J connectivity index is 0.000000352. The number of morpholine rings is 1. The fourth-order valence-electron chi connectivity index (χ4n) is 7.71. The Morgan fingerprint density at radius 2 is 1.81 bits per heavy atom. The van der Waals surface area contributed by atoms with E-state index in [4.69, 9.17) is 26.3 Å². The molecule has 1 amide bonds. The molecule has 8 heterocycles. The first kappa shape index (κ1) is 39.5. The highest BCUT2D eigenvalue weighted by atomic mass is 35.5. The molecule has 4 unspecified atom stereocenters. The summed E-state index contributed by atoms with van der Waals surface area (Å²) in [6, 6.07) is 5.70. The number of piperidine rings is 1. The predicted octanol–water partition coefficient (Wildman–Crippen LogP) is 5.91. The molecule has 0 spiro atoms. The van der Waals surface area contributed by atoms with Gasteiger partial charge in [-0.2, -0.15) is 28.4 Å². The molecule has 0 saturated carbocycles. The molecule has 0 radical (unpaired) electrons. The molecule has 0 N–H and O–H groups in total. The van der Waals surface area contributed by atoms with Crippen LogP contribution >= 0.6 is 11.6 Å². The second-order valence-corrected chi connectivity index (χ2v) is 14.2. The van der Waals surface area contributed by atoms with Gasteiger partial charge in [0.2, 0.25) is 5.91 Å². The topological polar surface area (TPSA) is 111 Å². The summed E-state index contributed by atoms with van der Waals surface area (Å²) in [7, 11) is 1.31. The predicted molar refractivity (Wildman–Crippen MR) is 192 cm³/mol. The third-order valence-corrected chi connectivity index (χ3v) is 10.5. The van der Waals surface area contributed by atoms with Gasteiger partial charge in [-0.1, -0.05) is 29.8 Å². The quantitative estimate of drug-likeness (QED) is 0.221. The summed E-state index contributed by atoms with van der Waals surface area (Å²) in [4.78, 5) is 33.5. The zero-order chi connectivity index (χ0) is 38.6. The number of amides is 1. The van der Waals surface area contributed by atoms with Crippen molar-refractivity contribution in [1.29, 1.82) is 5.26 Å². The fourth-order valence-corrected chi connectivity index (χ4v) is 8.00. The number of aromatic nitrogens is 3. The number of piperazine rings is 1. The molecule has 11 nitrogen and oxygen atoms in total. The van der Waals surface area contributed by atoms with Gasteiger partial charge < -0.3 is 19.3 Å². The van der Waals surface area contributed by atoms with Gasteiger partial charge in [0.1, 0.15) is 23.2 Å². The number of halogens is 6. The van der Waals surface area contributed by atoms with E-state index in [2.05, 4.69) is 24.8 Å². The number of pyridine rings is 1. The molecule has 6 aliphatic rings. The minimum absolute atomic E-state index is 0.0995. The van der Waals surface area contributed by atoms with Crippen LogP contribution in [0.15, 0.2) is 36.5 Å². The third-order valence-electron chi connectivity index (χ3n) is 10.2. The van der Waals surface area contributed by atoms with Crippen molar-refractivity contribution < 1.29 is 36.2 Å². The highest BCUT2D eigenvalue weighted by Crippen LogP contribution is 2.42. The number of anilines is 1. The lowest BCUT2D eigenvalue weighted by Gasteiger charge is -2.46. The van der Waals surface area contributed by atoms with E-state index in [9.17, 15) is 22.4 Å². The highest BCUT2D eigenvalue weighted by Gasteiger charge is 2.39. The summed E-state index contributed by atoms with van der Waals surface area (Å²) >= 11 is 5.85. The van der Waals surface area contributed by atoms with Crippen molar-refractivity contribution in [2.75, 3.05) is 70.9 Å². The number of carbonyl (C=O) groups is 1. The molecule has 4 atom stereocenters. The Bertz CT molecular complexity index is 1860. The average molecular weight is 777 g/mol. The van der Waals surface area contributed by atoms with E-state index in [0.29, 0.717) is 63.3 Å². The van der Waals surface area contributed by atoms with Crippen LogP contribution in [0.1, 0.15) is 38.2 Å². The van der Waals surface area contributed by atoms with Crippen molar-refractivity contribution in [3.63, 3.8) is 0 Å². The molecule has 290 valence electrons.